The molecule has 1 N–H and O–H groups in total. The molecular formula is C13H19BrN2O2S. The summed E-state index contributed by atoms with van der Waals surface area (Å²) in [6.07, 6.45) is 0.776. The molecule has 0 aliphatic carbocycles. The summed E-state index contributed by atoms with van der Waals surface area (Å²) in [6, 6.07) is 5.77. The Bertz CT molecular complexity index is 482. The van der Waals surface area contributed by atoms with Crippen LogP contribution in [0.1, 0.15) is 32.9 Å². The first-order chi connectivity index (χ1) is 8.83. The number of hydrogen-bond donors (Lipinski definition) is 1. The van der Waals surface area contributed by atoms with E-state index in [0.29, 0.717) is 13.2 Å². The molecule has 4 nitrogen and oxygen atoms in total. The highest BCUT2D eigenvalue weighted by Gasteiger charge is 2.41. The van der Waals surface area contributed by atoms with E-state index in [9.17, 15) is 4.21 Å². The van der Waals surface area contributed by atoms with Crippen molar-refractivity contribution < 1.29 is 8.95 Å². The Balaban J connectivity index is 2.31. The lowest BCUT2D eigenvalue weighted by atomic mass is 9.95. The van der Waals surface area contributed by atoms with Gasteiger partial charge in [0.15, 0.2) is 0 Å². The maximum Gasteiger partial charge on any atom is 0.106 e. The fourth-order valence-electron chi connectivity index (χ4n) is 1.91. The van der Waals surface area contributed by atoms with Crippen LogP contribution in [0.25, 0.3) is 0 Å². The predicted octanol–water partition coefficient (Wildman–Crippen LogP) is 2.51. The van der Waals surface area contributed by atoms with E-state index in [1.165, 1.54) is 0 Å². The van der Waals surface area contributed by atoms with Gasteiger partial charge >= 0.3 is 0 Å². The fraction of sp³-hybridized carbons (Fsp3) is 0.615. The molecule has 0 aromatic carbocycles. The molecule has 19 heavy (non-hydrogen) atoms. The molecule has 0 radical (unpaired) electrons. The summed E-state index contributed by atoms with van der Waals surface area (Å²) in [6.45, 7) is 7.01. The van der Waals surface area contributed by atoms with Crippen molar-refractivity contribution in [2.45, 2.75) is 37.5 Å². The zero-order chi connectivity index (χ0) is 14.1. The third kappa shape index (κ3) is 3.42. The maximum atomic E-state index is 12.4. The van der Waals surface area contributed by atoms with Gasteiger partial charge in [0.05, 0.1) is 33.6 Å². The Labute approximate surface area is 125 Å². The SMILES string of the molecule is CC(C)(C)[S@@](=O)NC1(c2cccc(Br)n2)CCOC1. The molecule has 0 bridgehead atoms. The van der Waals surface area contributed by atoms with Crippen LogP contribution in [0.5, 0.6) is 0 Å². The molecule has 2 atom stereocenters. The molecule has 1 saturated heterocycles. The number of pyridine rings is 1. The summed E-state index contributed by atoms with van der Waals surface area (Å²) in [5.41, 5.74) is 0.416. The zero-order valence-electron chi connectivity index (χ0n) is 11.4. The monoisotopic (exact) mass is 346 g/mol. The Morgan fingerprint density at radius 3 is 2.74 bits per heavy atom. The number of ether oxygens (including phenoxy) is 1. The number of halogens is 1. The summed E-state index contributed by atoms with van der Waals surface area (Å²) < 4.78 is 21.6. The van der Waals surface area contributed by atoms with Crippen molar-refractivity contribution in [2.75, 3.05) is 13.2 Å². The standard InChI is InChI=1S/C13H19BrN2O2S/c1-12(2,3)19(17)16-13(7-8-18-9-13)10-5-4-6-11(14)15-10/h4-6,16H,7-9H2,1-3H3/t13?,19-/m1/s1. The van der Waals surface area contributed by atoms with Crippen molar-refractivity contribution in [2.24, 2.45) is 0 Å². The minimum absolute atomic E-state index is 0.318. The Morgan fingerprint density at radius 1 is 1.47 bits per heavy atom. The fourth-order valence-corrected chi connectivity index (χ4v) is 3.18. The summed E-state index contributed by atoms with van der Waals surface area (Å²) >= 11 is 3.38. The molecular weight excluding hydrogens is 328 g/mol. The van der Waals surface area contributed by atoms with Gasteiger partial charge < -0.3 is 4.74 Å². The highest BCUT2D eigenvalue weighted by molar-refractivity contribution is 9.10. The zero-order valence-corrected chi connectivity index (χ0v) is 13.8. The van der Waals surface area contributed by atoms with E-state index in [1.807, 2.05) is 39.0 Å². The molecule has 106 valence electrons. The first-order valence-electron chi connectivity index (χ1n) is 6.24. The summed E-state index contributed by atoms with van der Waals surface area (Å²) in [4.78, 5) is 4.50. The van der Waals surface area contributed by atoms with Gasteiger partial charge in [-0.3, -0.25) is 0 Å². The molecule has 1 aliphatic heterocycles. The topological polar surface area (TPSA) is 51.2 Å². The van der Waals surface area contributed by atoms with Crippen molar-refractivity contribution in [1.82, 2.24) is 9.71 Å². The highest BCUT2D eigenvalue weighted by Crippen LogP contribution is 2.31. The highest BCUT2D eigenvalue weighted by atomic mass is 79.9. The van der Waals surface area contributed by atoms with E-state index in [0.717, 1.165) is 16.7 Å². The second-order valence-electron chi connectivity index (χ2n) is 5.71. The minimum atomic E-state index is -1.16. The van der Waals surface area contributed by atoms with E-state index in [2.05, 4.69) is 25.6 Å². The van der Waals surface area contributed by atoms with Crippen molar-refractivity contribution in [3.05, 3.63) is 28.5 Å². The normalized spacial score (nSPS) is 25.5. The molecule has 2 heterocycles. The molecule has 2 rings (SSSR count). The lowest BCUT2D eigenvalue weighted by molar-refractivity contribution is 0.173. The summed E-state index contributed by atoms with van der Waals surface area (Å²) in [5.74, 6) is 0. The van der Waals surface area contributed by atoms with Gasteiger partial charge in [-0.2, -0.15) is 0 Å². The Morgan fingerprint density at radius 2 is 2.21 bits per heavy atom. The number of aromatic nitrogens is 1. The number of rotatable bonds is 3. The van der Waals surface area contributed by atoms with Crippen molar-refractivity contribution in [3.63, 3.8) is 0 Å². The quantitative estimate of drug-likeness (QED) is 0.855. The number of nitrogens with one attached hydrogen (secondary N) is 1. The van der Waals surface area contributed by atoms with E-state index in [-0.39, 0.29) is 4.75 Å². The van der Waals surface area contributed by atoms with E-state index < -0.39 is 16.5 Å². The average molecular weight is 347 g/mol. The van der Waals surface area contributed by atoms with Crippen LogP contribution < -0.4 is 4.72 Å². The molecule has 6 heteroatoms. The van der Waals surface area contributed by atoms with Crippen LogP contribution >= 0.6 is 15.9 Å². The first kappa shape index (κ1) is 15.1. The van der Waals surface area contributed by atoms with Crippen LogP contribution in [0.15, 0.2) is 22.8 Å². The van der Waals surface area contributed by atoms with Crippen LogP contribution in [-0.4, -0.2) is 27.2 Å². The van der Waals surface area contributed by atoms with Gasteiger partial charge in [0.2, 0.25) is 0 Å². The van der Waals surface area contributed by atoms with Crippen molar-refractivity contribution >= 4 is 26.9 Å². The first-order valence-corrected chi connectivity index (χ1v) is 8.18. The van der Waals surface area contributed by atoms with E-state index >= 15 is 0 Å². The molecule has 0 amide bonds. The average Bonchev–Trinajstić information content (AvgIpc) is 2.77. The molecule has 0 saturated carbocycles. The number of nitrogens with zero attached hydrogens (tertiary/aromatic N) is 1. The Kier molecular flexibility index (Phi) is 4.45. The van der Waals surface area contributed by atoms with Crippen molar-refractivity contribution in [1.29, 1.82) is 0 Å². The van der Waals surface area contributed by atoms with Crippen LogP contribution in [0.4, 0.5) is 0 Å². The van der Waals surface area contributed by atoms with Gasteiger partial charge in [0, 0.05) is 6.61 Å². The van der Waals surface area contributed by atoms with Crippen LogP contribution in [-0.2, 0) is 21.3 Å². The third-order valence-electron chi connectivity index (χ3n) is 3.07. The summed E-state index contributed by atoms with van der Waals surface area (Å²) in [7, 11) is -1.16. The van der Waals surface area contributed by atoms with Gasteiger partial charge in [-0.25, -0.2) is 13.9 Å². The molecule has 1 aliphatic rings. The molecule has 1 unspecified atom stereocenters. The van der Waals surface area contributed by atoms with E-state index in [1.54, 1.807) is 0 Å². The lowest BCUT2D eigenvalue weighted by Crippen LogP contribution is -2.49. The van der Waals surface area contributed by atoms with Gasteiger partial charge in [0.25, 0.3) is 0 Å². The van der Waals surface area contributed by atoms with Gasteiger partial charge in [-0.1, -0.05) is 6.07 Å². The van der Waals surface area contributed by atoms with Crippen LogP contribution in [0.3, 0.4) is 0 Å². The molecule has 1 fully saturated rings. The third-order valence-corrected chi connectivity index (χ3v) is 5.20. The molecule has 1 aromatic heterocycles. The second-order valence-corrected chi connectivity index (χ2v) is 8.49. The predicted molar refractivity (Wildman–Crippen MR) is 80.1 cm³/mol. The Hall–Kier alpha value is -0.300. The minimum Gasteiger partial charge on any atom is -0.379 e. The molecule has 1 aromatic rings. The van der Waals surface area contributed by atoms with E-state index in [4.69, 9.17) is 4.74 Å². The lowest BCUT2D eigenvalue weighted by Gasteiger charge is -2.31. The van der Waals surface area contributed by atoms with Gasteiger partial charge in [0.1, 0.15) is 4.60 Å². The largest absolute Gasteiger partial charge is 0.379 e. The summed E-state index contributed by atoms with van der Waals surface area (Å²) in [5, 5.41) is 0. The van der Waals surface area contributed by atoms with Crippen molar-refractivity contribution in [3.8, 4) is 0 Å². The van der Waals surface area contributed by atoms with Gasteiger partial charge in [-0.05, 0) is 55.3 Å². The second kappa shape index (κ2) is 5.60. The van der Waals surface area contributed by atoms with Crippen LogP contribution in [0.2, 0.25) is 0 Å². The number of hydrogen-bond acceptors (Lipinski definition) is 3. The van der Waals surface area contributed by atoms with Crippen LogP contribution in [0, 0.1) is 0 Å². The molecule has 0 spiro atoms. The smallest absolute Gasteiger partial charge is 0.106 e. The maximum absolute atomic E-state index is 12.4. The van der Waals surface area contributed by atoms with Gasteiger partial charge in [-0.15, -0.1) is 0 Å².